The van der Waals surface area contributed by atoms with Crippen LogP contribution in [0, 0.1) is 6.92 Å². The molecule has 0 aliphatic rings. The maximum atomic E-state index is 5.43. The number of nitrogens with zero attached hydrogens (tertiary/aromatic N) is 2. The predicted molar refractivity (Wildman–Crippen MR) is 112 cm³/mol. The Morgan fingerprint density at radius 2 is 2.04 bits per heavy atom. The lowest BCUT2D eigenvalue weighted by atomic mass is 10.1. The fourth-order valence-corrected chi connectivity index (χ4v) is 2.95. The molecule has 2 N–H and O–H groups in total. The molecule has 0 bridgehead atoms. The molecule has 0 spiro atoms. The number of aliphatic imine (C=N–C) groups is 1. The highest BCUT2D eigenvalue weighted by molar-refractivity contribution is 14.0. The molecule has 7 heteroatoms. The average molecular weight is 460 g/mol. The lowest BCUT2D eigenvalue weighted by molar-refractivity contribution is 0.408. The molecular formula is C17H25IN4OS. The van der Waals surface area contributed by atoms with E-state index in [4.69, 9.17) is 4.74 Å². The van der Waals surface area contributed by atoms with Gasteiger partial charge in [-0.05, 0) is 25.0 Å². The van der Waals surface area contributed by atoms with Gasteiger partial charge in [0.1, 0.15) is 10.8 Å². The number of aryl methyl sites for hydroxylation is 2. The van der Waals surface area contributed by atoms with E-state index in [-0.39, 0.29) is 24.0 Å². The van der Waals surface area contributed by atoms with Crippen molar-refractivity contribution in [3.63, 3.8) is 0 Å². The van der Waals surface area contributed by atoms with Gasteiger partial charge in [0.2, 0.25) is 0 Å². The van der Waals surface area contributed by atoms with Gasteiger partial charge in [-0.1, -0.05) is 19.1 Å². The summed E-state index contributed by atoms with van der Waals surface area (Å²) in [6.07, 6.45) is 2.97. The number of benzene rings is 1. The largest absolute Gasteiger partial charge is 0.496 e. The van der Waals surface area contributed by atoms with Gasteiger partial charge in [0.05, 0.1) is 13.7 Å². The van der Waals surface area contributed by atoms with Crippen LogP contribution in [0.3, 0.4) is 0 Å². The minimum atomic E-state index is 0. The first kappa shape index (κ1) is 20.7. The zero-order chi connectivity index (χ0) is 16.7. The van der Waals surface area contributed by atoms with Crippen LogP contribution in [0.1, 0.15) is 27.9 Å². The van der Waals surface area contributed by atoms with Gasteiger partial charge in [0, 0.05) is 30.2 Å². The van der Waals surface area contributed by atoms with E-state index in [1.807, 2.05) is 12.3 Å². The number of hydrogen-bond donors (Lipinski definition) is 2. The number of hydrogen-bond acceptors (Lipinski definition) is 4. The molecule has 1 aromatic heterocycles. The van der Waals surface area contributed by atoms with Crippen LogP contribution in [-0.4, -0.2) is 25.1 Å². The lowest BCUT2D eigenvalue weighted by Crippen LogP contribution is -2.36. The van der Waals surface area contributed by atoms with Crippen molar-refractivity contribution in [1.82, 2.24) is 15.6 Å². The van der Waals surface area contributed by atoms with Crippen LogP contribution in [0.15, 0.2) is 29.4 Å². The summed E-state index contributed by atoms with van der Waals surface area (Å²) in [5.74, 6) is 1.64. The first-order valence-electron chi connectivity index (χ1n) is 7.67. The second-order valence-electron chi connectivity index (χ2n) is 5.17. The molecule has 5 nitrogen and oxygen atoms in total. The molecule has 2 rings (SSSR count). The normalized spacial score (nSPS) is 10.9. The summed E-state index contributed by atoms with van der Waals surface area (Å²) in [5.41, 5.74) is 2.28. The third-order valence-corrected chi connectivity index (χ3v) is 4.61. The lowest BCUT2D eigenvalue weighted by Gasteiger charge is -2.13. The van der Waals surface area contributed by atoms with Gasteiger partial charge < -0.3 is 15.4 Å². The Hall–Kier alpha value is -1.35. The van der Waals surface area contributed by atoms with Crippen molar-refractivity contribution in [1.29, 1.82) is 0 Å². The molecule has 0 fully saturated rings. The van der Waals surface area contributed by atoms with Crippen molar-refractivity contribution < 1.29 is 4.74 Å². The zero-order valence-corrected chi connectivity index (χ0v) is 17.7. The number of aromatic nitrogens is 1. The first-order valence-corrected chi connectivity index (χ1v) is 8.49. The van der Waals surface area contributed by atoms with Crippen molar-refractivity contribution in [3.8, 4) is 5.75 Å². The van der Waals surface area contributed by atoms with Crippen molar-refractivity contribution in [2.45, 2.75) is 33.4 Å². The van der Waals surface area contributed by atoms with E-state index < -0.39 is 0 Å². The van der Waals surface area contributed by atoms with Gasteiger partial charge in [0.25, 0.3) is 0 Å². The summed E-state index contributed by atoms with van der Waals surface area (Å²) >= 11 is 1.73. The molecule has 1 aromatic carbocycles. The number of methoxy groups -OCH3 is 1. The minimum Gasteiger partial charge on any atom is -0.496 e. The van der Waals surface area contributed by atoms with Crippen LogP contribution >= 0.6 is 35.3 Å². The standard InChI is InChI=1S/C17H24N4OS.HI/c1-5-14-10-19-16(23-14)11-21-17(18-3)20-9-13-7-6-12(2)8-15(13)22-4;/h6-8,10H,5,9,11H2,1-4H3,(H2,18,20,21);1H. The van der Waals surface area contributed by atoms with E-state index in [0.29, 0.717) is 13.1 Å². The second kappa shape index (κ2) is 10.5. The van der Waals surface area contributed by atoms with Gasteiger partial charge in [-0.15, -0.1) is 35.3 Å². The van der Waals surface area contributed by atoms with Gasteiger partial charge in [-0.25, -0.2) is 4.98 Å². The number of nitrogens with one attached hydrogen (secondary N) is 2. The van der Waals surface area contributed by atoms with Gasteiger partial charge in [-0.3, -0.25) is 4.99 Å². The van der Waals surface area contributed by atoms with Crippen LogP contribution < -0.4 is 15.4 Å². The Morgan fingerprint density at radius 3 is 2.67 bits per heavy atom. The third-order valence-electron chi connectivity index (χ3n) is 3.47. The Labute approximate surface area is 165 Å². The van der Waals surface area contributed by atoms with E-state index in [0.717, 1.165) is 28.7 Å². The third kappa shape index (κ3) is 5.94. The quantitative estimate of drug-likeness (QED) is 0.394. The molecule has 0 amide bonds. The highest BCUT2D eigenvalue weighted by Gasteiger charge is 2.06. The summed E-state index contributed by atoms with van der Waals surface area (Å²) in [6, 6.07) is 6.19. The summed E-state index contributed by atoms with van der Waals surface area (Å²) in [7, 11) is 3.46. The van der Waals surface area contributed by atoms with Crippen molar-refractivity contribution in [3.05, 3.63) is 45.4 Å². The average Bonchev–Trinajstić information content (AvgIpc) is 3.04. The second-order valence-corrected chi connectivity index (χ2v) is 6.37. The molecule has 0 radical (unpaired) electrons. The maximum absolute atomic E-state index is 5.43. The molecular weight excluding hydrogens is 435 g/mol. The van der Waals surface area contributed by atoms with Gasteiger partial charge >= 0.3 is 0 Å². The number of halogens is 1. The van der Waals surface area contributed by atoms with Crippen molar-refractivity contribution >= 4 is 41.3 Å². The smallest absolute Gasteiger partial charge is 0.191 e. The highest BCUT2D eigenvalue weighted by Crippen LogP contribution is 2.19. The number of ether oxygens (including phenoxy) is 1. The zero-order valence-electron chi connectivity index (χ0n) is 14.5. The van der Waals surface area contributed by atoms with E-state index in [1.54, 1.807) is 25.5 Å². The summed E-state index contributed by atoms with van der Waals surface area (Å²) in [4.78, 5) is 9.95. The first-order chi connectivity index (χ1) is 11.2. The molecule has 0 saturated heterocycles. The summed E-state index contributed by atoms with van der Waals surface area (Å²) in [6.45, 7) is 5.52. The Morgan fingerprint density at radius 1 is 1.29 bits per heavy atom. The van der Waals surface area contributed by atoms with Crippen LogP contribution in [0.5, 0.6) is 5.75 Å². The summed E-state index contributed by atoms with van der Waals surface area (Å²) in [5, 5.41) is 7.66. The van der Waals surface area contributed by atoms with E-state index in [2.05, 4.69) is 46.6 Å². The molecule has 0 atom stereocenters. The maximum Gasteiger partial charge on any atom is 0.191 e. The monoisotopic (exact) mass is 460 g/mol. The predicted octanol–water partition coefficient (Wildman–Crippen LogP) is 3.51. The van der Waals surface area contributed by atoms with Gasteiger partial charge in [-0.2, -0.15) is 0 Å². The minimum absolute atomic E-state index is 0. The Kier molecular flexibility index (Phi) is 9.05. The molecule has 0 unspecified atom stereocenters. The fraction of sp³-hybridized carbons (Fsp3) is 0.412. The van der Waals surface area contributed by atoms with Gasteiger partial charge in [0.15, 0.2) is 5.96 Å². The number of guanidine groups is 1. The molecule has 24 heavy (non-hydrogen) atoms. The molecule has 132 valence electrons. The van der Waals surface area contributed by atoms with Crippen LogP contribution in [0.25, 0.3) is 0 Å². The van der Waals surface area contributed by atoms with E-state index in [1.165, 1.54) is 10.4 Å². The van der Waals surface area contributed by atoms with E-state index >= 15 is 0 Å². The van der Waals surface area contributed by atoms with Crippen molar-refractivity contribution in [2.75, 3.05) is 14.2 Å². The van der Waals surface area contributed by atoms with Crippen LogP contribution in [0.2, 0.25) is 0 Å². The van der Waals surface area contributed by atoms with Crippen LogP contribution in [0.4, 0.5) is 0 Å². The van der Waals surface area contributed by atoms with Crippen LogP contribution in [-0.2, 0) is 19.5 Å². The Balaban J connectivity index is 0.00000288. The topological polar surface area (TPSA) is 58.5 Å². The number of rotatable bonds is 6. The Bertz CT molecular complexity index is 672. The molecule has 0 aliphatic carbocycles. The molecule has 0 saturated carbocycles. The molecule has 2 aromatic rings. The number of thiazole rings is 1. The highest BCUT2D eigenvalue weighted by atomic mass is 127. The fourth-order valence-electron chi connectivity index (χ4n) is 2.15. The molecule has 0 aliphatic heterocycles. The molecule has 1 heterocycles. The SMILES string of the molecule is CCc1cnc(CNC(=NC)NCc2ccc(C)cc2OC)s1.I. The van der Waals surface area contributed by atoms with Crippen molar-refractivity contribution in [2.24, 2.45) is 4.99 Å². The summed E-state index contributed by atoms with van der Waals surface area (Å²) < 4.78 is 5.43. The van der Waals surface area contributed by atoms with E-state index in [9.17, 15) is 0 Å².